The third-order valence-corrected chi connectivity index (χ3v) is 14.2. The minimum atomic E-state index is 0.866. The van der Waals surface area contributed by atoms with Crippen molar-refractivity contribution in [3.05, 3.63) is 255 Å². The van der Waals surface area contributed by atoms with Crippen LogP contribution in [-0.4, -0.2) is 4.40 Å². The summed E-state index contributed by atoms with van der Waals surface area (Å²) in [6.07, 6.45) is 0. The Labute approximate surface area is 399 Å². The molecule has 3 heteroatoms. The fourth-order valence-corrected chi connectivity index (χ4v) is 11.1. The highest BCUT2D eigenvalue weighted by Crippen LogP contribution is 2.46. The smallest absolute Gasteiger partial charge is 0.137 e. The molecule has 0 saturated heterocycles. The van der Waals surface area contributed by atoms with Crippen LogP contribution >= 0.6 is 0 Å². The molecule has 322 valence electrons. The Bertz CT molecular complexity index is 4270. The highest BCUT2D eigenvalue weighted by atomic mass is 16.3. The summed E-state index contributed by atoms with van der Waals surface area (Å²) in [5, 5.41) is 9.68. The number of pyridine rings is 1. The van der Waals surface area contributed by atoms with Gasteiger partial charge in [-0.05, 0) is 104 Å². The Morgan fingerprint density at radius 2 is 0.812 bits per heavy atom. The number of hydrogen-bond acceptors (Lipinski definition) is 2. The van der Waals surface area contributed by atoms with Gasteiger partial charge in [0.05, 0.1) is 27.6 Å². The fraction of sp³-hybridized carbons (Fsp3) is 0. The Hall–Kier alpha value is -9.18. The summed E-state index contributed by atoms with van der Waals surface area (Å²) in [5.41, 5.74) is 18.2. The molecule has 3 heterocycles. The summed E-state index contributed by atoms with van der Waals surface area (Å²) in [6, 6.07) is 92.3. The SMILES string of the molecule is c1ccc(-c2c3ccccc3n3c4ccccc4c4c(-c5ccc(-c6ccc(N(c7ccc(-c8cccc9ccccc89)cc7)c7cccc8oc9ccccc9c78)cc6)cc5)cccc4c23)cc1. The molecule has 0 radical (unpaired) electrons. The first kappa shape index (κ1) is 39.0. The molecule has 3 nitrogen and oxygen atoms in total. The Kier molecular flexibility index (Phi) is 8.90. The van der Waals surface area contributed by atoms with Gasteiger partial charge < -0.3 is 13.7 Å². The van der Waals surface area contributed by atoms with Crippen LogP contribution in [0.2, 0.25) is 0 Å². The van der Waals surface area contributed by atoms with E-state index in [9.17, 15) is 0 Å². The second kappa shape index (κ2) is 15.7. The molecule has 11 aromatic carbocycles. The summed E-state index contributed by atoms with van der Waals surface area (Å²) in [4.78, 5) is 2.36. The molecule has 0 N–H and O–H groups in total. The molecule has 3 aromatic heterocycles. The lowest BCUT2D eigenvalue weighted by molar-refractivity contribution is 0.669. The van der Waals surface area contributed by atoms with Crippen molar-refractivity contribution in [1.29, 1.82) is 0 Å². The van der Waals surface area contributed by atoms with Crippen LogP contribution in [0, 0.1) is 0 Å². The summed E-state index contributed by atoms with van der Waals surface area (Å²) < 4.78 is 8.90. The number of nitrogens with zero attached hydrogens (tertiary/aromatic N) is 2. The summed E-state index contributed by atoms with van der Waals surface area (Å²) in [5.74, 6) is 0. The summed E-state index contributed by atoms with van der Waals surface area (Å²) in [6.45, 7) is 0. The van der Waals surface area contributed by atoms with Crippen LogP contribution in [0.25, 0.3) is 115 Å². The second-order valence-electron chi connectivity index (χ2n) is 18.0. The maximum atomic E-state index is 6.42. The van der Waals surface area contributed by atoms with Crippen molar-refractivity contribution in [3.63, 3.8) is 0 Å². The van der Waals surface area contributed by atoms with Crippen LogP contribution in [-0.2, 0) is 0 Å². The molecule has 0 aliphatic rings. The van der Waals surface area contributed by atoms with Crippen molar-refractivity contribution in [1.82, 2.24) is 4.40 Å². The van der Waals surface area contributed by atoms with E-state index in [2.05, 4.69) is 258 Å². The fourth-order valence-electron chi connectivity index (χ4n) is 11.1. The van der Waals surface area contributed by atoms with E-state index in [4.69, 9.17) is 4.42 Å². The van der Waals surface area contributed by atoms with Gasteiger partial charge in [0.25, 0.3) is 0 Å². The van der Waals surface area contributed by atoms with Gasteiger partial charge >= 0.3 is 0 Å². The molecule has 14 rings (SSSR count). The van der Waals surface area contributed by atoms with Crippen molar-refractivity contribution < 1.29 is 4.42 Å². The molecular formula is C66H42N2O. The molecule has 0 spiro atoms. The maximum absolute atomic E-state index is 6.42. The number of furan rings is 1. The molecule has 0 aliphatic heterocycles. The van der Waals surface area contributed by atoms with Gasteiger partial charge in [0.15, 0.2) is 0 Å². The van der Waals surface area contributed by atoms with Crippen molar-refractivity contribution >= 4 is 87.9 Å². The molecule has 0 unspecified atom stereocenters. The van der Waals surface area contributed by atoms with Gasteiger partial charge in [-0.3, -0.25) is 0 Å². The van der Waals surface area contributed by atoms with Gasteiger partial charge in [-0.1, -0.05) is 200 Å². The summed E-state index contributed by atoms with van der Waals surface area (Å²) in [7, 11) is 0. The average molecular weight is 879 g/mol. The van der Waals surface area contributed by atoms with E-state index >= 15 is 0 Å². The molecule has 0 fully saturated rings. The topological polar surface area (TPSA) is 20.8 Å². The molecule has 14 aromatic rings. The monoisotopic (exact) mass is 878 g/mol. The van der Waals surface area contributed by atoms with E-state index in [1.165, 1.54) is 82.2 Å². The molecule has 0 bridgehead atoms. The lowest BCUT2D eigenvalue weighted by Gasteiger charge is -2.26. The molecule has 0 saturated carbocycles. The van der Waals surface area contributed by atoms with Crippen LogP contribution < -0.4 is 4.90 Å². The van der Waals surface area contributed by atoms with Crippen LogP contribution in [0.5, 0.6) is 0 Å². The molecular weight excluding hydrogens is 837 g/mol. The van der Waals surface area contributed by atoms with Crippen molar-refractivity contribution in [3.8, 4) is 44.5 Å². The predicted octanol–water partition coefficient (Wildman–Crippen LogP) is 18.6. The number of hydrogen-bond donors (Lipinski definition) is 0. The largest absolute Gasteiger partial charge is 0.456 e. The zero-order valence-electron chi connectivity index (χ0n) is 37.6. The van der Waals surface area contributed by atoms with Gasteiger partial charge in [0.1, 0.15) is 11.2 Å². The minimum absolute atomic E-state index is 0.866. The quantitative estimate of drug-likeness (QED) is 0.149. The van der Waals surface area contributed by atoms with E-state index in [1.54, 1.807) is 0 Å². The molecule has 0 aliphatic carbocycles. The van der Waals surface area contributed by atoms with E-state index in [-0.39, 0.29) is 0 Å². The Balaban J connectivity index is 0.871. The standard InChI is InChI=1S/C66H42N2O/c1-2-16-48(17-3-1)63-54-20-6-9-26-58(54)68-59-27-10-7-21-55(59)64-53(24-13-25-57(64)66(63)68)47-33-31-43(32-34-47)44-35-39-49(40-36-44)67(60-28-14-30-62-65(60)56-22-8-11-29-61(56)69-62)50-41-37-46(38-42-50)52-23-12-18-45-15-4-5-19-51(45)52/h1-42H. The molecule has 69 heavy (non-hydrogen) atoms. The normalized spacial score (nSPS) is 11.8. The van der Waals surface area contributed by atoms with Crippen LogP contribution in [0.1, 0.15) is 0 Å². The van der Waals surface area contributed by atoms with E-state index < -0.39 is 0 Å². The zero-order valence-corrected chi connectivity index (χ0v) is 37.6. The second-order valence-corrected chi connectivity index (χ2v) is 18.0. The first-order valence-electron chi connectivity index (χ1n) is 23.7. The zero-order chi connectivity index (χ0) is 45.4. The van der Waals surface area contributed by atoms with Crippen LogP contribution in [0.4, 0.5) is 17.1 Å². The molecule has 0 atom stereocenters. The Morgan fingerprint density at radius 1 is 0.304 bits per heavy atom. The highest BCUT2D eigenvalue weighted by Gasteiger charge is 2.22. The summed E-state index contributed by atoms with van der Waals surface area (Å²) >= 11 is 0. The van der Waals surface area contributed by atoms with Gasteiger partial charge in [-0.2, -0.15) is 0 Å². The van der Waals surface area contributed by atoms with Crippen LogP contribution in [0.15, 0.2) is 259 Å². The van der Waals surface area contributed by atoms with E-state index in [1.807, 2.05) is 6.07 Å². The highest BCUT2D eigenvalue weighted by molar-refractivity contribution is 6.25. The maximum Gasteiger partial charge on any atom is 0.137 e. The van der Waals surface area contributed by atoms with E-state index in [0.29, 0.717) is 0 Å². The number of rotatable bonds is 7. The molecule has 0 amide bonds. The lowest BCUT2D eigenvalue weighted by atomic mass is 9.92. The third kappa shape index (κ3) is 6.21. The van der Waals surface area contributed by atoms with Gasteiger partial charge in [0, 0.05) is 43.9 Å². The minimum Gasteiger partial charge on any atom is -0.456 e. The average Bonchev–Trinajstić information content (AvgIpc) is 3.99. The van der Waals surface area contributed by atoms with Crippen LogP contribution in [0.3, 0.4) is 0 Å². The van der Waals surface area contributed by atoms with Gasteiger partial charge in [0.2, 0.25) is 0 Å². The Morgan fingerprint density at radius 3 is 1.58 bits per heavy atom. The number of aromatic nitrogens is 1. The number of anilines is 3. The van der Waals surface area contributed by atoms with Gasteiger partial charge in [-0.15, -0.1) is 0 Å². The van der Waals surface area contributed by atoms with Crippen molar-refractivity contribution in [2.45, 2.75) is 0 Å². The predicted molar refractivity (Wildman–Crippen MR) is 291 cm³/mol. The first-order chi connectivity index (χ1) is 34.2. The number of fused-ring (bicyclic) bond motifs is 12. The number of para-hydroxylation sites is 3. The third-order valence-electron chi connectivity index (χ3n) is 14.2. The first-order valence-corrected chi connectivity index (χ1v) is 23.7. The van der Waals surface area contributed by atoms with E-state index in [0.717, 1.165) is 50.1 Å². The lowest BCUT2D eigenvalue weighted by Crippen LogP contribution is -2.10. The number of benzene rings is 11. The van der Waals surface area contributed by atoms with Crippen molar-refractivity contribution in [2.24, 2.45) is 0 Å². The van der Waals surface area contributed by atoms with Crippen molar-refractivity contribution in [2.75, 3.05) is 4.90 Å². The van der Waals surface area contributed by atoms with Gasteiger partial charge in [-0.25, -0.2) is 0 Å².